The SMILES string of the molecule is CC1CC(CCC=O)CCN1C. The zero-order chi connectivity index (χ0) is 8.97. The Hall–Kier alpha value is -0.370. The second-order valence-electron chi connectivity index (χ2n) is 3.96. The minimum absolute atomic E-state index is 0.704. The van der Waals surface area contributed by atoms with Crippen LogP contribution in [0.5, 0.6) is 0 Å². The van der Waals surface area contributed by atoms with Crippen molar-refractivity contribution in [3.8, 4) is 0 Å². The molecule has 0 radical (unpaired) electrons. The van der Waals surface area contributed by atoms with Crippen molar-refractivity contribution in [3.05, 3.63) is 0 Å². The van der Waals surface area contributed by atoms with Crippen LogP contribution in [0.4, 0.5) is 0 Å². The predicted octanol–water partition coefficient (Wildman–Crippen LogP) is 1.70. The molecule has 2 nitrogen and oxygen atoms in total. The molecule has 12 heavy (non-hydrogen) atoms. The fourth-order valence-corrected chi connectivity index (χ4v) is 1.95. The number of carbonyl (C=O) groups excluding carboxylic acids is 1. The summed E-state index contributed by atoms with van der Waals surface area (Å²) in [7, 11) is 2.18. The van der Waals surface area contributed by atoms with Gasteiger partial charge in [0.15, 0.2) is 0 Å². The van der Waals surface area contributed by atoms with Crippen LogP contribution in [-0.2, 0) is 4.79 Å². The number of aldehydes is 1. The molecule has 1 fully saturated rings. The maximum absolute atomic E-state index is 10.2. The zero-order valence-electron chi connectivity index (χ0n) is 8.12. The van der Waals surface area contributed by atoms with Crippen molar-refractivity contribution in [2.24, 2.45) is 5.92 Å². The molecule has 0 aromatic carbocycles. The predicted molar refractivity (Wildman–Crippen MR) is 50.1 cm³/mol. The van der Waals surface area contributed by atoms with Crippen molar-refractivity contribution in [1.29, 1.82) is 0 Å². The topological polar surface area (TPSA) is 20.3 Å². The number of piperidine rings is 1. The van der Waals surface area contributed by atoms with E-state index >= 15 is 0 Å². The third kappa shape index (κ3) is 2.59. The van der Waals surface area contributed by atoms with Crippen LogP contribution in [0, 0.1) is 5.92 Å². The fourth-order valence-electron chi connectivity index (χ4n) is 1.95. The molecule has 2 heteroatoms. The summed E-state index contributed by atoms with van der Waals surface area (Å²) >= 11 is 0. The maximum Gasteiger partial charge on any atom is 0.120 e. The number of hydrogen-bond acceptors (Lipinski definition) is 2. The quantitative estimate of drug-likeness (QED) is 0.599. The molecule has 1 aliphatic heterocycles. The summed E-state index contributed by atoms with van der Waals surface area (Å²) in [6.45, 7) is 3.47. The van der Waals surface area contributed by atoms with Gasteiger partial charge in [0.25, 0.3) is 0 Å². The molecule has 1 rings (SSSR count). The van der Waals surface area contributed by atoms with Gasteiger partial charge in [-0.1, -0.05) is 0 Å². The van der Waals surface area contributed by atoms with Crippen molar-refractivity contribution in [2.75, 3.05) is 13.6 Å². The van der Waals surface area contributed by atoms with Crippen molar-refractivity contribution in [2.45, 2.75) is 38.6 Å². The molecule has 0 aliphatic carbocycles. The number of rotatable bonds is 3. The molecule has 70 valence electrons. The van der Waals surface area contributed by atoms with E-state index < -0.39 is 0 Å². The minimum atomic E-state index is 0.704. The van der Waals surface area contributed by atoms with E-state index in [4.69, 9.17) is 0 Å². The average molecular weight is 169 g/mol. The Bertz CT molecular complexity index is 147. The molecule has 0 aromatic rings. The lowest BCUT2D eigenvalue weighted by Gasteiger charge is -2.34. The first kappa shape index (κ1) is 9.72. The fraction of sp³-hybridized carbons (Fsp3) is 0.900. The van der Waals surface area contributed by atoms with Gasteiger partial charge in [0.1, 0.15) is 6.29 Å². The largest absolute Gasteiger partial charge is 0.304 e. The number of carbonyl (C=O) groups is 1. The summed E-state index contributed by atoms with van der Waals surface area (Å²) in [5.41, 5.74) is 0. The highest BCUT2D eigenvalue weighted by Crippen LogP contribution is 2.24. The van der Waals surface area contributed by atoms with Crippen molar-refractivity contribution >= 4 is 6.29 Å². The molecule has 2 unspecified atom stereocenters. The van der Waals surface area contributed by atoms with Crippen LogP contribution in [-0.4, -0.2) is 30.8 Å². The molecule has 2 atom stereocenters. The summed E-state index contributed by atoms with van der Waals surface area (Å²) < 4.78 is 0. The normalized spacial score (nSPS) is 31.8. The second-order valence-corrected chi connectivity index (χ2v) is 3.96. The van der Waals surface area contributed by atoms with E-state index in [9.17, 15) is 4.79 Å². The number of likely N-dealkylation sites (tertiary alicyclic amines) is 1. The van der Waals surface area contributed by atoms with E-state index in [1.54, 1.807) is 0 Å². The van der Waals surface area contributed by atoms with Crippen LogP contribution < -0.4 is 0 Å². The maximum atomic E-state index is 10.2. The van der Waals surface area contributed by atoms with E-state index in [0.717, 1.165) is 25.0 Å². The van der Waals surface area contributed by atoms with Gasteiger partial charge in [0, 0.05) is 12.5 Å². The van der Waals surface area contributed by atoms with Gasteiger partial charge in [0.2, 0.25) is 0 Å². The second kappa shape index (κ2) is 4.61. The smallest absolute Gasteiger partial charge is 0.120 e. The molecule has 1 heterocycles. The van der Waals surface area contributed by atoms with Gasteiger partial charge in [-0.3, -0.25) is 0 Å². The van der Waals surface area contributed by atoms with Gasteiger partial charge in [-0.15, -0.1) is 0 Å². The molecule has 1 saturated heterocycles. The van der Waals surface area contributed by atoms with Crippen LogP contribution in [0.2, 0.25) is 0 Å². The Morgan fingerprint density at radius 3 is 2.92 bits per heavy atom. The third-order valence-electron chi connectivity index (χ3n) is 3.01. The van der Waals surface area contributed by atoms with Gasteiger partial charge in [0.05, 0.1) is 0 Å². The number of hydrogen-bond donors (Lipinski definition) is 0. The first-order valence-electron chi connectivity index (χ1n) is 4.88. The Morgan fingerprint density at radius 2 is 2.33 bits per heavy atom. The first-order chi connectivity index (χ1) is 5.74. The van der Waals surface area contributed by atoms with E-state index in [1.165, 1.54) is 19.4 Å². The summed E-state index contributed by atoms with van der Waals surface area (Å²) in [6, 6.07) is 0.704. The Kier molecular flexibility index (Phi) is 3.73. The third-order valence-corrected chi connectivity index (χ3v) is 3.01. The van der Waals surface area contributed by atoms with Gasteiger partial charge in [-0.25, -0.2) is 0 Å². The molecule has 0 amide bonds. The van der Waals surface area contributed by atoms with Crippen LogP contribution in [0.25, 0.3) is 0 Å². The highest BCUT2D eigenvalue weighted by molar-refractivity contribution is 5.49. The van der Waals surface area contributed by atoms with Crippen LogP contribution in [0.15, 0.2) is 0 Å². The molecule has 0 aromatic heterocycles. The molecule has 0 bridgehead atoms. The van der Waals surface area contributed by atoms with E-state index in [-0.39, 0.29) is 0 Å². The summed E-state index contributed by atoms with van der Waals surface area (Å²) in [4.78, 5) is 12.6. The lowest BCUT2D eigenvalue weighted by Crippen LogP contribution is -2.37. The molecule has 0 N–H and O–H groups in total. The highest BCUT2D eigenvalue weighted by atomic mass is 16.1. The minimum Gasteiger partial charge on any atom is -0.304 e. The lowest BCUT2D eigenvalue weighted by atomic mass is 9.88. The van der Waals surface area contributed by atoms with Crippen molar-refractivity contribution < 1.29 is 4.79 Å². The highest BCUT2D eigenvalue weighted by Gasteiger charge is 2.21. The Labute approximate surface area is 74.9 Å². The molecule has 0 saturated carbocycles. The van der Waals surface area contributed by atoms with Crippen LogP contribution in [0.3, 0.4) is 0 Å². The van der Waals surface area contributed by atoms with Gasteiger partial charge < -0.3 is 9.69 Å². The Morgan fingerprint density at radius 1 is 1.58 bits per heavy atom. The van der Waals surface area contributed by atoms with Crippen molar-refractivity contribution in [3.63, 3.8) is 0 Å². The monoisotopic (exact) mass is 169 g/mol. The van der Waals surface area contributed by atoms with Crippen LogP contribution in [0.1, 0.15) is 32.6 Å². The Balaban J connectivity index is 2.25. The van der Waals surface area contributed by atoms with Crippen molar-refractivity contribution in [1.82, 2.24) is 4.90 Å². The lowest BCUT2D eigenvalue weighted by molar-refractivity contribution is -0.108. The average Bonchev–Trinajstić information content (AvgIpc) is 2.07. The zero-order valence-corrected chi connectivity index (χ0v) is 8.12. The van der Waals surface area contributed by atoms with Crippen LogP contribution >= 0.6 is 0 Å². The summed E-state index contributed by atoms with van der Waals surface area (Å²) in [5.74, 6) is 0.793. The van der Waals surface area contributed by atoms with Gasteiger partial charge in [-0.05, 0) is 45.7 Å². The van der Waals surface area contributed by atoms with E-state index in [0.29, 0.717) is 6.04 Å². The summed E-state index contributed by atoms with van der Waals surface area (Å²) in [6.07, 6.45) is 5.44. The van der Waals surface area contributed by atoms with Gasteiger partial charge in [-0.2, -0.15) is 0 Å². The van der Waals surface area contributed by atoms with Gasteiger partial charge >= 0.3 is 0 Å². The summed E-state index contributed by atoms with van der Waals surface area (Å²) in [5, 5.41) is 0. The molecule has 1 aliphatic rings. The molecular weight excluding hydrogens is 150 g/mol. The standard InChI is InChI=1S/C10H19NO/c1-9-8-10(4-3-7-12)5-6-11(9)2/h7,9-10H,3-6,8H2,1-2H3. The number of nitrogens with zero attached hydrogens (tertiary/aromatic N) is 1. The first-order valence-corrected chi connectivity index (χ1v) is 4.88. The van der Waals surface area contributed by atoms with E-state index in [2.05, 4.69) is 18.9 Å². The molecular formula is C10H19NO. The van der Waals surface area contributed by atoms with E-state index in [1.807, 2.05) is 0 Å². The molecule has 0 spiro atoms.